The minimum atomic E-state index is 0.0741. The molecule has 3 atom stereocenters. The Hall–Kier alpha value is -1.14. The van der Waals surface area contributed by atoms with E-state index in [1.54, 1.807) is 0 Å². The SMILES string of the molecule is CC1CCC(C(=O)N2C[C@@H]3[C@H](CC(=O)N4CCCCO4)CO[C@@H]3C2)CC1. The summed E-state index contributed by atoms with van der Waals surface area (Å²) >= 11 is 0. The highest BCUT2D eigenvalue weighted by atomic mass is 16.7. The fraction of sp³-hybridized carbons (Fsp3) is 0.900. The Morgan fingerprint density at radius 3 is 2.62 bits per heavy atom. The summed E-state index contributed by atoms with van der Waals surface area (Å²) in [5, 5.41) is 1.54. The van der Waals surface area contributed by atoms with Crippen LogP contribution in [0.25, 0.3) is 0 Å². The molecule has 4 aliphatic rings. The first-order valence-corrected chi connectivity index (χ1v) is 10.5. The summed E-state index contributed by atoms with van der Waals surface area (Å²) in [6.45, 7) is 5.72. The maximum absolute atomic E-state index is 12.9. The number of rotatable bonds is 3. The lowest BCUT2D eigenvalue weighted by Gasteiger charge is -2.30. The number of likely N-dealkylation sites (tertiary alicyclic amines) is 1. The van der Waals surface area contributed by atoms with Crippen LogP contribution in [0.5, 0.6) is 0 Å². The molecule has 1 aliphatic carbocycles. The van der Waals surface area contributed by atoms with Gasteiger partial charge in [0.2, 0.25) is 11.8 Å². The van der Waals surface area contributed by atoms with E-state index in [-0.39, 0.29) is 23.8 Å². The molecular formula is C20H32N2O4. The van der Waals surface area contributed by atoms with Crippen LogP contribution >= 0.6 is 0 Å². The van der Waals surface area contributed by atoms with Gasteiger partial charge in [-0.2, -0.15) is 0 Å². The normalized spacial score (nSPS) is 37.7. The monoisotopic (exact) mass is 364 g/mol. The van der Waals surface area contributed by atoms with Gasteiger partial charge < -0.3 is 9.64 Å². The summed E-state index contributed by atoms with van der Waals surface area (Å²) in [6.07, 6.45) is 7.02. The van der Waals surface area contributed by atoms with E-state index in [1.165, 1.54) is 17.9 Å². The summed E-state index contributed by atoms with van der Waals surface area (Å²) < 4.78 is 5.96. The molecule has 0 aromatic carbocycles. The van der Waals surface area contributed by atoms with Gasteiger partial charge in [0, 0.05) is 37.9 Å². The molecule has 0 N–H and O–H groups in total. The summed E-state index contributed by atoms with van der Waals surface area (Å²) in [5.74, 6) is 1.86. The summed E-state index contributed by atoms with van der Waals surface area (Å²) in [7, 11) is 0. The van der Waals surface area contributed by atoms with Crippen molar-refractivity contribution in [1.82, 2.24) is 9.96 Å². The van der Waals surface area contributed by atoms with Crippen LogP contribution in [0.15, 0.2) is 0 Å². The molecule has 0 bridgehead atoms. The molecule has 0 aromatic rings. The molecule has 6 nitrogen and oxygen atoms in total. The Labute approximate surface area is 156 Å². The van der Waals surface area contributed by atoms with E-state index < -0.39 is 0 Å². The summed E-state index contributed by atoms with van der Waals surface area (Å²) in [4.78, 5) is 32.9. The van der Waals surface area contributed by atoms with Crippen molar-refractivity contribution in [2.45, 2.75) is 58.0 Å². The topological polar surface area (TPSA) is 59.1 Å². The van der Waals surface area contributed by atoms with Crippen LogP contribution in [0, 0.1) is 23.7 Å². The van der Waals surface area contributed by atoms with Gasteiger partial charge in [-0.25, -0.2) is 5.06 Å². The number of hydrogen-bond acceptors (Lipinski definition) is 4. The molecular weight excluding hydrogens is 332 g/mol. The largest absolute Gasteiger partial charge is 0.376 e. The lowest BCUT2D eigenvalue weighted by atomic mass is 9.82. The number of hydroxylamine groups is 2. The van der Waals surface area contributed by atoms with Crippen molar-refractivity contribution in [2.75, 3.05) is 32.8 Å². The van der Waals surface area contributed by atoms with Crippen LogP contribution in [0.3, 0.4) is 0 Å². The Balaban J connectivity index is 1.30. The highest BCUT2D eigenvalue weighted by molar-refractivity contribution is 5.79. The average Bonchev–Trinajstić information content (AvgIpc) is 3.24. The Bertz CT molecular complexity index is 526. The minimum absolute atomic E-state index is 0.0741. The fourth-order valence-electron chi connectivity index (χ4n) is 5.07. The lowest BCUT2D eigenvalue weighted by molar-refractivity contribution is -0.198. The van der Waals surface area contributed by atoms with E-state index in [4.69, 9.17) is 9.57 Å². The van der Waals surface area contributed by atoms with E-state index in [1.807, 2.05) is 4.90 Å². The minimum Gasteiger partial charge on any atom is -0.376 e. The summed E-state index contributed by atoms with van der Waals surface area (Å²) in [6, 6.07) is 0. The third kappa shape index (κ3) is 3.77. The van der Waals surface area contributed by atoms with E-state index >= 15 is 0 Å². The van der Waals surface area contributed by atoms with Gasteiger partial charge in [-0.1, -0.05) is 6.92 Å². The van der Waals surface area contributed by atoms with Crippen LogP contribution in [0.4, 0.5) is 0 Å². The lowest BCUT2D eigenvalue weighted by Crippen LogP contribution is -2.39. The number of amides is 2. The Morgan fingerprint density at radius 1 is 1.08 bits per heavy atom. The molecule has 0 spiro atoms. The van der Waals surface area contributed by atoms with Crippen LogP contribution < -0.4 is 0 Å². The number of fused-ring (bicyclic) bond motifs is 1. The van der Waals surface area contributed by atoms with Crippen LogP contribution in [-0.2, 0) is 19.2 Å². The zero-order valence-corrected chi connectivity index (χ0v) is 15.9. The Kier molecular flexibility index (Phi) is 5.50. The van der Waals surface area contributed by atoms with Gasteiger partial charge in [0.15, 0.2) is 0 Å². The van der Waals surface area contributed by atoms with E-state index in [2.05, 4.69) is 6.92 Å². The van der Waals surface area contributed by atoms with Gasteiger partial charge in [-0.05, 0) is 50.4 Å². The van der Waals surface area contributed by atoms with Gasteiger partial charge in [-0.3, -0.25) is 14.4 Å². The second-order valence-corrected chi connectivity index (χ2v) is 8.74. The van der Waals surface area contributed by atoms with Gasteiger partial charge >= 0.3 is 0 Å². The van der Waals surface area contributed by atoms with Gasteiger partial charge in [0.25, 0.3) is 0 Å². The van der Waals surface area contributed by atoms with Crippen LogP contribution in [0.1, 0.15) is 51.9 Å². The molecule has 4 rings (SSSR count). The predicted molar refractivity (Wildman–Crippen MR) is 95.9 cm³/mol. The van der Waals surface area contributed by atoms with Crippen molar-refractivity contribution < 1.29 is 19.2 Å². The molecule has 1 saturated carbocycles. The summed E-state index contributed by atoms with van der Waals surface area (Å²) in [5.41, 5.74) is 0. The Morgan fingerprint density at radius 2 is 1.88 bits per heavy atom. The third-order valence-corrected chi connectivity index (χ3v) is 6.83. The number of nitrogens with zero attached hydrogens (tertiary/aromatic N) is 2. The van der Waals surface area contributed by atoms with E-state index in [0.717, 1.165) is 38.1 Å². The van der Waals surface area contributed by atoms with Crippen LogP contribution in [-0.4, -0.2) is 60.7 Å². The van der Waals surface area contributed by atoms with Crippen molar-refractivity contribution in [3.8, 4) is 0 Å². The smallest absolute Gasteiger partial charge is 0.246 e. The van der Waals surface area contributed by atoms with Crippen molar-refractivity contribution >= 4 is 11.8 Å². The number of carbonyl (C=O) groups is 2. The molecule has 3 saturated heterocycles. The average molecular weight is 364 g/mol. The van der Waals surface area contributed by atoms with Crippen molar-refractivity contribution in [3.05, 3.63) is 0 Å². The first-order valence-electron chi connectivity index (χ1n) is 10.5. The highest BCUT2D eigenvalue weighted by Gasteiger charge is 2.47. The maximum atomic E-state index is 12.9. The molecule has 6 heteroatoms. The predicted octanol–water partition coefficient (Wildman–Crippen LogP) is 2.23. The molecule has 146 valence electrons. The molecule has 0 aromatic heterocycles. The van der Waals surface area contributed by atoms with E-state index in [0.29, 0.717) is 44.5 Å². The van der Waals surface area contributed by atoms with Gasteiger partial charge in [0.1, 0.15) is 0 Å². The molecule has 0 unspecified atom stereocenters. The van der Waals surface area contributed by atoms with Gasteiger partial charge in [-0.15, -0.1) is 0 Å². The molecule has 0 radical (unpaired) electrons. The highest BCUT2D eigenvalue weighted by Crippen LogP contribution is 2.38. The maximum Gasteiger partial charge on any atom is 0.246 e. The van der Waals surface area contributed by atoms with Crippen molar-refractivity contribution in [3.63, 3.8) is 0 Å². The quantitative estimate of drug-likeness (QED) is 0.771. The van der Waals surface area contributed by atoms with Crippen molar-refractivity contribution in [1.29, 1.82) is 0 Å². The van der Waals surface area contributed by atoms with Crippen LogP contribution in [0.2, 0.25) is 0 Å². The standard InChI is InChI=1S/C20H32N2O4/c1-14-4-6-15(7-5-14)20(24)21-11-17-16(13-25-18(17)12-21)10-19(23)22-8-2-3-9-26-22/h14-18H,2-13H2,1H3/t14?,15?,16-,17-,18-/m1/s1. The molecule has 26 heavy (non-hydrogen) atoms. The zero-order valence-electron chi connectivity index (χ0n) is 15.9. The zero-order chi connectivity index (χ0) is 18.1. The number of carbonyl (C=O) groups excluding carboxylic acids is 2. The van der Waals surface area contributed by atoms with Gasteiger partial charge in [0.05, 0.1) is 19.3 Å². The third-order valence-electron chi connectivity index (χ3n) is 6.83. The molecule has 3 heterocycles. The fourth-order valence-corrected chi connectivity index (χ4v) is 5.07. The number of hydrogen-bond donors (Lipinski definition) is 0. The molecule has 4 fully saturated rings. The van der Waals surface area contributed by atoms with Crippen molar-refractivity contribution in [2.24, 2.45) is 23.7 Å². The first-order chi connectivity index (χ1) is 12.6. The molecule has 2 amide bonds. The second kappa shape index (κ2) is 7.85. The second-order valence-electron chi connectivity index (χ2n) is 8.74. The number of ether oxygens (including phenoxy) is 1. The molecule has 3 aliphatic heterocycles. The van der Waals surface area contributed by atoms with E-state index in [9.17, 15) is 9.59 Å². The first kappa shape index (κ1) is 18.2.